The first-order chi connectivity index (χ1) is 9.02. The SMILES string of the molecule is Cc1ccc(C)c(-c2cnc(C(CN)C(C)C)[nH]2)c1. The third-order valence-electron chi connectivity index (χ3n) is 3.69. The van der Waals surface area contributed by atoms with E-state index in [0.717, 1.165) is 11.5 Å². The Morgan fingerprint density at radius 2 is 2.00 bits per heavy atom. The molecule has 0 saturated heterocycles. The summed E-state index contributed by atoms with van der Waals surface area (Å²) in [5.41, 5.74) is 10.7. The molecule has 19 heavy (non-hydrogen) atoms. The highest BCUT2D eigenvalue weighted by molar-refractivity contribution is 5.63. The summed E-state index contributed by atoms with van der Waals surface area (Å²) >= 11 is 0. The van der Waals surface area contributed by atoms with Crippen molar-refractivity contribution in [1.82, 2.24) is 9.97 Å². The number of nitrogens with zero attached hydrogens (tertiary/aromatic N) is 1. The molecular weight excluding hydrogens is 234 g/mol. The zero-order chi connectivity index (χ0) is 14.0. The lowest BCUT2D eigenvalue weighted by Gasteiger charge is -2.15. The van der Waals surface area contributed by atoms with Crippen LogP contribution >= 0.6 is 0 Å². The molecule has 0 spiro atoms. The molecule has 1 aromatic carbocycles. The summed E-state index contributed by atoms with van der Waals surface area (Å²) in [4.78, 5) is 7.96. The number of imidazole rings is 1. The second-order valence-electron chi connectivity index (χ2n) is 5.59. The average Bonchev–Trinajstić information content (AvgIpc) is 2.82. The minimum Gasteiger partial charge on any atom is -0.342 e. The molecule has 0 saturated carbocycles. The van der Waals surface area contributed by atoms with E-state index in [9.17, 15) is 0 Å². The lowest BCUT2D eigenvalue weighted by molar-refractivity contribution is 0.487. The molecule has 0 bridgehead atoms. The molecule has 2 aromatic rings. The molecule has 1 unspecified atom stereocenters. The number of hydrogen-bond donors (Lipinski definition) is 2. The molecule has 1 atom stereocenters. The predicted octanol–water partition coefficient (Wildman–Crippen LogP) is 3.39. The monoisotopic (exact) mass is 257 g/mol. The van der Waals surface area contributed by atoms with E-state index >= 15 is 0 Å². The zero-order valence-corrected chi connectivity index (χ0v) is 12.2. The number of aromatic nitrogens is 2. The fraction of sp³-hybridized carbons (Fsp3) is 0.438. The Balaban J connectivity index is 2.38. The van der Waals surface area contributed by atoms with Gasteiger partial charge in [0.1, 0.15) is 5.82 Å². The van der Waals surface area contributed by atoms with E-state index < -0.39 is 0 Å². The molecular formula is C16H23N3. The number of nitrogens with one attached hydrogen (secondary N) is 1. The Bertz CT molecular complexity index is 555. The fourth-order valence-electron chi connectivity index (χ4n) is 2.39. The smallest absolute Gasteiger partial charge is 0.111 e. The predicted molar refractivity (Wildman–Crippen MR) is 80.1 cm³/mol. The number of aromatic amines is 1. The zero-order valence-electron chi connectivity index (χ0n) is 12.2. The molecule has 0 fully saturated rings. The quantitative estimate of drug-likeness (QED) is 0.882. The van der Waals surface area contributed by atoms with Crippen molar-refractivity contribution >= 4 is 0 Å². The van der Waals surface area contributed by atoms with Crippen molar-refractivity contribution in [3.63, 3.8) is 0 Å². The van der Waals surface area contributed by atoms with Gasteiger partial charge >= 0.3 is 0 Å². The van der Waals surface area contributed by atoms with Gasteiger partial charge < -0.3 is 10.7 Å². The lowest BCUT2D eigenvalue weighted by Crippen LogP contribution is -2.19. The maximum Gasteiger partial charge on any atom is 0.111 e. The van der Waals surface area contributed by atoms with Crippen molar-refractivity contribution in [2.75, 3.05) is 6.54 Å². The van der Waals surface area contributed by atoms with E-state index in [-0.39, 0.29) is 0 Å². The van der Waals surface area contributed by atoms with Gasteiger partial charge in [0.15, 0.2) is 0 Å². The fourth-order valence-corrected chi connectivity index (χ4v) is 2.39. The van der Waals surface area contributed by atoms with E-state index in [4.69, 9.17) is 5.73 Å². The molecule has 3 N–H and O–H groups in total. The average molecular weight is 257 g/mol. The van der Waals surface area contributed by atoms with E-state index in [1.807, 2.05) is 6.20 Å². The molecule has 2 rings (SSSR count). The number of benzene rings is 1. The van der Waals surface area contributed by atoms with Gasteiger partial charge in [-0.15, -0.1) is 0 Å². The molecule has 0 aliphatic rings. The van der Waals surface area contributed by atoms with E-state index in [2.05, 4.69) is 55.9 Å². The third-order valence-corrected chi connectivity index (χ3v) is 3.69. The number of nitrogens with two attached hydrogens (primary N) is 1. The molecule has 3 heteroatoms. The van der Waals surface area contributed by atoms with Crippen LogP contribution in [0.2, 0.25) is 0 Å². The largest absolute Gasteiger partial charge is 0.342 e. The molecule has 102 valence electrons. The van der Waals surface area contributed by atoms with E-state index in [1.165, 1.54) is 16.7 Å². The minimum absolute atomic E-state index is 0.291. The van der Waals surface area contributed by atoms with Gasteiger partial charge in [-0.3, -0.25) is 0 Å². The first-order valence-corrected chi connectivity index (χ1v) is 6.85. The number of aryl methyl sites for hydroxylation is 2. The highest BCUT2D eigenvalue weighted by atomic mass is 14.9. The molecule has 0 aliphatic carbocycles. The van der Waals surface area contributed by atoms with Gasteiger partial charge in [0.05, 0.1) is 11.9 Å². The summed E-state index contributed by atoms with van der Waals surface area (Å²) in [5.74, 6) is 1.77. The van der Waals surface area contributed by atoms with Gasteiger partial charge in [0.2, 0.25) is 0 Å². The Labute approximate surface area is 115 Å². The maximum absolute atomic E-state index is 5.85. The second-order valence-corrected chi connectivity index (χ2v) is 5.59. The Morgan fingerprint density at radius 1 is 1.26 bits per heavy atom. The molecule has 3 nitrogen and oxygen atoms in total. The lowest BCUT2D eigenvalue weighted by atomic mass is 9.95. The van der Waals surface area contributed by atoms with Gasteiger partial charge in [-0.1, -0.05) is 31.5 Å². The summed E-state index contributed by atoms with van der Waals surface area (Å²) in [5, 5.41) is 0. The molecule has 0 radical (unpaired) electrons. The first kappa shape index (κ1) is 13.8. The Hall–Kier alpha value is -1.61. The minimum atomic E-state index is 0.291. The topological polar surface area (TPSA) is 54.7 Å². The molecule has 1 aromatic heterocycles. The van der Waals surface area contributed by atoms with Crippen molar-refractivity contribution < 1.29 is 0 Å². The van der Waals surface area contributed by atoms with Gasteiger partial charge in [-0.2, -0.15) is 0 Å². The Kier molecular flexibility index (Phi) is 4.05. The van der Waals surface area contributed by atoms with Crippen molar-refractivity contribution in [1.29, 1.82) is 0 Å². The van der Waals surface area contributed by atoms with Crippen LogP contribution in [0.25, 0.3) is 11.3 Å². The van der Waals surface area contributed by atoms with Crippen LogP contribution in [0.1, 0.15) is 36.7 Å². The summed E-state index contributed by atoms with van der Waals surface area (Å²) in [6.07, 6.45) is 1.92. The van der Waals surface area contributed by atoms with Crippen LogP contribution in [0.5, 0.6) is 0 Å². The molecule has 0 aliphatic heterocycles. The van der Waals surface area contributed by atoms with E-state index in [0.29, 0.717) is 18.4 Å². The third kappa shape index (κ3) is 2.87. The van der Waals surface area contributed by atoms with Crippen LogP contribution in [-0.4, -0.2) is 16.5 Å². The summed E-state index contributed by atoms with van der Waals surface area (Å²) in [6.45, 7) is 9.21. The van der Waals surface area contributed by atoms with Crippen molar-refractivity contribution in [2.45, 2.75) is 33.6 Å². The second kappa shape index (κ2) is 5.57. The normalized spacial score (nSPS) is 12.9. The Morgan fingerprint density at radius 3 is 2.63 bits per heavy atom. The highest BCUT2D eigenvalue weighted by Gasteiger charge is 2.18. The first-order valence-electron chi connectivity index (χ1n) is 6.85. The summed E-state index contributed by atoms with van der Waals surface area (Å²) < 4.78 is 0. The van der Waals surface area contributed by atoms with Gasteiger partial charge in [0.25, 0.3) is 0 Å². The van der Waals surface area contributed by atoms with Crippen LogP contribution in [0.3, 0.4) is 0 Å². The van der Waals surface area contributed by atoms with Crippen LogP contribution in [0.4, 0.5) is 0 Å². The number of H-pyrrole nitrogens is 1. The maximum atomic E-state index is 5.85. The van der Waals surface area contributed by atoms with Gasteiger partial charge in [-0.05, 0) is 31.4 Å². The molecule has 0 amide bonds. The standard InChI is InChI=1S/C16H23N3/c1-10(2)14(8-17)16-18-9-15(19-16)13-7-11(3)5-6-12(13)4/h5-7,9-10,14H,8,17H2,1-4H3,(H,18,19). The van der Waals surface area contributed by atoms with Crippen LogP contribution in [-0.2, 0) is 0 Å². The van der Waals surface area contributed by atoms with Crippen LogP contribution in [0, 0.1) is 19.8 Å². The molecule has 1 heterocycles. The van der Waals surface area contributed by atoms with Gasteiger partial charge in [0, 0.05) is 18.0 Å². The number of hydrogen-bond acceptors (Lipinski definition) is 2. The summed E-state index contributed by atoms with van der Waals surface area (Å²) in [6, 6.07) is 6.47. The highest BCUT2D eigenvalue weighted by Crippen LogP contribution is 2.26. The van der Waals surface area contributed by atoms with Crippen molar-refractivity contribution in [3.05, 3.63) is 41.3 Å². The van der Waals surface area contributed by atoms with Crippen molar-refractivity contribution in [2.24, 2.45) is 11.7 Å². The van der Waals surface area contributed by atoms with Gasteiger partial charge in [-0.25, -0.2) is 4.98 Å². The number of rotatable bonds is 4. The van der Waals surface area contributed by atoms with E-state index in [1.54, 1.807) is 0 Å². The van der Waals surface area contributed by atoms with Crippen molar-refractivity contribution in [3.8, 4) is 11.3 Å². The van der Waals surface area contributed by atoms with Crippen LogP contribution < -0.4 is 5.73 Å². The van der Waals surface area contributed by atoms with Crippen LogP contribution in [0.15, 0.2) is 24.4 Å². The summed E-state index contributed by atoms with van der Waals surface area (Å²) in [7, 11) is 0.